The van der Waals surface area contributed by atoms with Crippen LogP contribution < -0.4 is 11.1 Å². The minimum Gasteiger partial charge on any atom is -0.361 e. The van der Waals surface area contributed by atoms with Crippen molar-refractivity contribution in [3.63, 3.8) is 0 Å². The molecule has 3 unspecified atom stereocenters. The van der Waals surface area contributed by atoms with Crippen LogP contribution in [0.2, 0.25) is 0 Å². The van der Waals surface area contributed by atoms with Crippen LogP contribution in [0.1, 0.15) is 52.2 Å². The van der Waals surface area contributed by atoms with E-state index in [1.807, 2.05) is 44.4 Å². The van der Waals surface area contributed by atoms with Gasteiger partial charge in [-0.05, 0) is 55.9 Å². The molecule has 0 aliphatic carbocycles. The molecule has 0 aliphatic heterocycles. The molecular weight excluding hydrogens is 420 g/mol. The van der Waals surface area contributed by atoms with Gasteiger partial charge in [-0.2, -0.15) is 0 Å². The standard InChI is InChI=1S/C18H26N2O.C11H14N2/c1-5-12(2)14(4)18(21)20-13(3)10-15-11-19-17-9-7-6-8-16(15)17;1-8(12)6-9-7-13-11-5-3-2-4-10(9)11/h6-9,11-14,19H,5,10H2,1-4H3,(H,20,21);2-5,7-8,13H,6,12H2,1H3/t;8-/m.1/s1. The molecular formula is C29H40N4O. The Balaban J connectivity index is 0.000000212. The van der Waals surface area contributed by atoms with Crippen LogP contribution in [0.3, 0.4) is 0 Å². The molecule has 4 rings (SSSR count). The summed E-state index contributed by atoms with van der Waals surface area (Å²) in [5.74, 6) is 0.655. The van der Waals surface area contributed by atoms with Crippen molar-refractivity contribution in [1.29, 1.82) is 0 Å². The number of amides is 1. The van der Waals surface area contributed by atoms with E-state index in [0.717, 1.165) is 24.8 Å². The zero-order chi connectivity index (χ0) is 24.7. The molecule has 0 radical (unpaired) electrons. The Labute approximate surface area is 203 Å². The Morgan fingerprint density at radius 3 is 1.85 bits per heavy atom. The summed E-state index contributed by atoms with van der Waals surface area (Å²) >= 11 is 0. The number of H-pyrrole nitrogens is 2. The molecule has 0 saturated heterocycles. The summed E-state index contributed by atoms with van der Waals surface area (Å²) < 4.78 is 0. The number of nitrogens with one attached hydrogen (secondary N) is 3. The summed E-state index contributed by atoms with van der Waals surface area (Å²) in [4.78, 5) is 18.7. The number of rotatable bonds is 8. The number of aromatic nitrogens is 2. The van der Waals surface area contributed by atoms with Crippen LogP contribution >= 0.6 is 0 Å². The molecule has 5 nitrogen and oxygen atoms in total. The normalized spacial score (nSPS) is 14.8. The Morgan fingerprint density at radius 1 is 0.853 bits per heavy atom. The summed E-state index contributed by atoms with van der Waals surface area (Å²) in [6.07, 6.45) is 6.91. The van der Waals surface area contributed by atoms with Crippen molar-refractivity contribution in [2.75, 3.05) is 0 Å². The van der Waals surface area contributed by atoms with Crippen molar-refractivity contribution in [2.45, 2.75) is 66.0 Å². The molecule has 5 heteroatoms. The molecule has 0 spiro atoms. The third-order valence-electron chi connectivity index (χ3n) is 6.72. The lowest BCUT2D eigenvalue weighted by Gasteiger charge is -2.21. The maximum atomic E-state index is 12.2. The predicted molar refractivity (Wildman–Crippen MR) is 144 cm³/mol. The second-order valence-electron chi connectivity index (χ2n) is 9.69. The number of fused-ring (bicyclic) bond motifs is 2. The Hall–Kier alpha value is -3.05. The molecule has 5 N–H and O–H groups in total. The van der Waals surface area contributed by atoms with Crippen LogP contribution in [0, 0.1) is 11.8 Å². The smallest absolute Gasteiger partial charge is 0.223 e. The lowest BCUT2D eigenvalue weighted by atomic mass is 9.92. The molecule has 0 saturated carbocycles. The zero-order valence-electron chi connectivity index (χ0n) is 21.2. The SMILES string of the molecule is CCC(C)C(C)C(=O)NC(C)Cc1c[nH]c2ccccc12.C[C@@H](N)Cc1c[nH]c2ccccc12. The number of nitrogens with two attached hydrogens (primary N) is 1. The summed E-state index contributed by atoms with van der Waals surface area (Å²) in [5.41, 5.74) is 10.7. The first-order chi connectivity index (χ1) is 16.3. The number of carbonyl (C=O) groups excluding carboxylic acids is 1. The van der Waals surface area contributed by atoms with Crippen LogP contribution in [0.4, 0.5) is 0 Å². The highest BCUT2D eigenvalue weighted by atomic mass is 16.1. The largest absolute Gasteiger partial charge is 0.361 e. The molecule has 2 aromatic heterocycles. The third-order valence-corrected chi connectivity index (χ3v) is 6.72. The summed E-state index contributed by atoms with van der Waals surface area (Å²) in [6, 6.07) is 16.9. The minimum absolute atomic E-state index is 0.0698. The third kappa shape index (κ3) is 6.51. The summed E-state index contributed by atoms with van der Waals surface area (Å²) in [7, 11) is 0. The lowest BCUT2D eigenvalue weighted by Crippen LogP contribution is -2.39. The van der Waals surface area contributed by atoms with Gasteiger partial charge < -0.3 is 21.0 Å². The van der Waals surface area contributed by atoms with Gasteiger partial charge in [-0.25, -0.2) is 0 Å². The molecule has 2 aromatic carbocycles. The molecule has 1 amide bonds. The highest BCUT2D eigenvalue weighted by Gasteiger charge is 2.20. The van der Waals surface area contributed by atoms with Gasteiger partial charge in [0.2, 0.25) is 5.91 Å². The van der Waals surface area contributed by atoms with E-state index < -0.39 is 0 Å². The van der Waals surface area contributed by atoms with Crippen LogP contribution in [-0.4, -0.2) is 28.0 Å². The Bertz CT molecular complexity index is 1190. The molecule has 2 heterocycles. The van der Waals surface area contributed by atoms with E-state index in [1.54, 1.807) is 0 Å². The van der Waals surface area contributed by atoms with Gasteiger partial charge in [0, 0.05) is 52.2 Å². The minimum atomic E-state index is 0.0698. The van der Waals surface area contributed by atoms with Gasteiger partial charge in [-0.15, -0.1) is 0 Å². The number of hydrogen-bond acceptors (Lipinski definition) is 2. The first-order valence-electron chi connectivity index (χ1n) is 12.5. The van der Waals surface area contributed by atoms with Gasteiger partial charge >= 0.3 is 0 Å². The Morgan fingerprint density at radius 2 is 1.35 bits per heavy atom. The fourth-order valence-electron chi connectivity index (χ4n) is 4.32. The Kier molecular flexibility index (Phi) is 8.94. The van der Waals surface area contributed by atoms with Gasteiger partial charge in [-0.1, -0.05) is 63.6 Å². The van der Waals surface area contributed by atoms with Crippen LogP contribution in [0.15, 0.2) is 60.9 Å². The average molecular weight is 461 g/mol. The van der Waals surface area contributed by atoms with Gasteiger partial charge in [0.05, 0.1) is 0 Å². The van der Waals surface area contributed by atoms with Crippen molar-refractivity contribution in [2.24, 2.45) is 17.6 Å². The second kappa shape index (κ2) is 11.9. The molecule has 4 aromatic rings. The summed E-state index contributed by atoms with van der Waals surface area (Å²) in [5, 5.41) is 5.68. The van der Waals surface area contributed by atoms with E-state index in [0.29, 0.717) is 5.92 Å². The van der Waals surface area contributed by atoms with Crippen molar-refractivity contribution in [3.05, 3.63) is 72.1 Å². The van der Waals surface area contributed by atoms with E-state index in [9.17, 15) is 4.79 Å². The fraction of sp³-hybridized carbons (Fsp3) is 0.414. The highest BCUT2D eigenvalue weighted by Crippen LogP contribution is 2.20. The molecule has 182 valence electrons. The highest BCUT2D eigenvalue weighted by molar-refractivity contribution is 5.84. The van der Waals surface area contributed by atoms with Crippen molar-refractivity contribution >= 4 is 27.7 Å². The number of aromatic amines is 2. The maximum Gasteiger partial charge on any atom is 0.223 e. The number of benzene rings is 2. The van der Waals surface area contributed by atoms with Crippen molar-refractivity contribution in [1.82, 2.24) is 15.3 Å². The average Bonchev–Trinajstić information content (AvgIpc) is 3.42. The first kappa shape index (κ1) is 25.6. The molecule has 0 fully saturated rings. The quantitative estimate of drug-likeness (QED) is 0.262. The van der Waals surface area contributed by atoms with E-state index in [4.69, 9.17) is 5.73 Å². The van der Waals surface area contributed by atoms with E-state index in [1.165, 1.54) is 27.4 Å². The molecule has 0 aliphatic rings. The monoisotopic (exact) mass is 460 g/mol. The van der Waals surface area contributed by atoms with Gasteiger partial charge in [0.1, 0.15) is 0 Å². The predicted octanol–water partition coefficient (Wildman–Crippen LogP) is 5.95. The fourth-order valence-corrected chi connectivity index (χ4v) is 4.32. The number of carbonyl (C=O) groups is 1. The molecule has 0 bridgehead atoms. The first-order valence-corrected chi connectivity index (χ1v) is 12.5. The number of para-hydroxylation sites is 2. The van der Waals surface area contributed by atoms with Crippen molar-refractivity contribution < 1.29 is 4.79 Å². The van der Waals surface area contributed by atoms with E-state index >= 15 is 0 Å². The maximum absolute atomic E-state index is 12.2. The van der Waals surface area contributed by atoms with Crippen LogP contribution in [-0.2, 0) is 17.6 Å². The van der Waals surface area contributed by atoms with E-state index in [2.05, 4.69) is 66.4 Å². The topological polar surface area (TPSA) is 86.7 Å². The second-order valence-corrected chi connectivity index (χ2v) is 9.69. The van der Waals surface area contributed by atoms with Crippen LogP contribution in [0.25, 0.3) is 21.8 Å². The van der Waals surface area contributed by atoms with Crippen molar-refractivity contribution in [3.8, 4) is 0 Å². The van der Waals surface area contributed by atoms with Crippen LogP contribution in [0.5, 0.6) is 0 Å². The summed E-state index contributed by atoms with van der Waals surface area (Å²) in [6.45, 7) is 10.4. The zero-order valence-corrected chi connectivity index (χ0v) is 21.2. The lowest BCUT2D eigenvalue weighted by molar-refractivity contribution is -0.126. The van der Waals surface area contributed by atoms with Gasteiger partial charge in [0.15, 0.2) is 0 Å². The van der Waals surface area contributed by atoms with E-state index in [-0.39, 0.29) is 23.9 Å². The van der Waals surface area contributed by atoms with Gasteiger partial charge in [0.25, 0.3) is 0 Å². The van der Waals surface area contributed by atoms with Gasteiger partial charge in [-0.3, -0.25) is 4.79 Å². The number of hydrogen-bond donors (Lipinski definition) is 4. The molecule has 4 atom stereocenters. The molecule has 34 heavy (non-hydrogen) atoms.